The van der Waals surface area contributed by atoms with Gasteiger partial charge in [-0.1, -0.05) is 15.9 Å². The first kappa shape index (κ1) is 26.7. The number of anilines is 1. The van der Waals surface area contributed by atoms with E-state index in [9.17, 15) is 19.1 Å². The Bertz CT molecular complexity index is 1560. The Kier molecular flexibility index (Phi) is 8.16. The monoisotopic (exact) mass is 615 g/mol. The summed E-state index contributed by atoms with van der Waals surface area (Å²) >= 11 is 3.37. The summed E-state index contributed by atoms with van der Waals surface area (Å²) in [4.78, 5) is 31.5. The average molecular weight is 616 g/mol. The third-order valence-corrected chi connectivity index (χ3v) is 7.31. The number of benzene rings is 2. The van der Waals surface area contributed by atoms with Crippen molar-refractivity contribution in [3.05, 3.63) is 81.1 Å². The third kappa shape index (κ3) is 6.42. The molecule has 5 rings (SSSR count). The molecule has 4 aromatic rings. The number of H-pyrrole nitrogens is 1. The summed E-state index contributed by atoms with van der Waals surface area (Å²) in [5.74, 6) is -0.0832. The summed E-state index contributed by atoms with van der Waals surface area (Å²) in [7, 11) is -2.09. The Morgan fingerprint density at radius 3 is 2.90 bits per heavy atom. The summed E-state index contributed by atoms with van der Waals surface area (Å²) < 4.78 is 32.9. The molecule has 0 spiro atoms. The van der Waals surface area contributed by atoms with Crippen LogP contribution in [-0.4, -0.2) is 57.5 Å². The Labute approximate surface area is 232 Å². The van der Waals surface area contributed by atoms with Crippen molar-refractivity contribution >= 4 is 55.2 Å². The Hall–Kier alpha value is -3.85. The molecule has 3 heterocycles. The van der Waals surface area contributed by atoms with Gasteiger partial charge in [0.1, 0.15) is 22.8 Å². The molecule has 0 aliphatic carbocycles. The molecule has 12 nitrogen and oxygen atoms in total. The number of aromatic nitrogens is 2. The highest BCUT2D eigenvalue weighted by molar-refractivity contribution is 9.10. The molecule has 3 N–H and O–H groups in total. The summed E-state index contributed by atoms with van der Waals surface area (Å²) in [5.41, 5.74) is 0.754. The van der Waals surface area contributed by atoms with Crippen molar-refractivity contribution in [3.63, 3.8) is 0 Å². The van der Waals surface area contributed by atoms with Gasteiger partial charge in [0.15, 0.2) is 11.0 Å². The zero-order chi connectivity index (χ0) is 27.4. The van der Waals surface area contributed by atoms with Crippen LogP contribution in [0.3, 0.4) is 0 Å². The van der Waals surface area contributed by atoms with Crippen LogP contribution < -0.4 is 14.8 Å². The fourth-order valence-electron chi connectivity index (χ4n) is 3.87. The second-order valence-corrected chi connectivity index (χ2v) is 10.5. The van der Waals surface area contributed by atoms with E-state index < -0.39 is 21.8 Å². The van der Waals surface area contributed by atoms with Gasteiger partial charge in [-0.15, -0.1) is 0 Å². The molecule has 1 unspecified atom stereocenters. The molecule has 2 atom stereocenters. The van der Waals surface area contributed by atoms with Crippen LogP contribution in [0.15, 0.2) is 70.3 Å². The van der Waals surface area contributed by atoms with Crippen LogP contribution >= 0.6 is 15.9 Å². The van der Waals surface area contributed by atoms with Crippen molar-refractivity contribution in [2.45, 2.75) is 11.0 Å². The number of aromatic amines is 1. The van der Waals surface area contributed by atoms with E-state index >= 15 is 0 Å². The molecule has 39 heavy (non-hydrogen) atoms. The minimum atomic E-state index is -2.09. The van der Waals surface area contributed by atoms with E-state index in [1.54, 1.807) is 24.4 Å². The summed E-state index contributed by atoms with van der Waals surface area (Å²) in [6.07, 6.45) is 3.03. The number of ether oxygens (including phenoxy) is 3. The molecule has 1 aliphatic rings. The number of nitrogens with zero attached hydrogens (tertiary/aromatic N) is 2. The molecular weight excluding hydrogens is 594 g/mol. The fraction of sp³-hybridized carbons (Fsp3) is 0.200. The topological polar surface area (TPSA) is 158 Å². The SMILES string of the molecule is O=C(NS(=O)c1ccc(NC[C@@H]2COCCO2)c([N+](=O)[O-])c1)c1ccc(Br)cc1Oc1cnc2[nH]ccc2c1. The minimum Gasteiger partial charge on any atom is -0.455 e. The number of rotatable bonds is 9. The number of hydrogen-bond donors (Lipinski definition) is 3. The molecule has 2 aromatic heterocycles. The number of halogens is 1. The zero-order valence-electron chi connectivity index (χ0n) is 20.2. The van der Waals surface area contributed by atoms with Crippen molar-refractivity contribution in [2.24, 2.45) is 0 Å². The maximum atomic E-state index is 13.1. The van der Waals surface area contributed by atoms with Gasteiger partial charge >= 0.3 is 0 Å². The summed E-state index contributed by atoms with van der Waals surface area (Å²) in [6, 6.07) is 12.4. The third-order valence-electron chi connectivity index (χ3n) is 5.76. The highest BCUT2D eigenvalue weighted by Crippen LogP contribution is 2.31. The maximum absolute atomic E-state index is 13.1. The second-order valence-electron chi connectivity index (χ2n) is 8.41. The van der Waals surface area contributed by atoms with Crippen molar-refractivity contribution < 1.29 is 28.1 Å². The summed E-state index contributed by atoms with van der Waals surface area (Å²) in [6.45, 7) is 1.65. The number of nitro groups is 1. The Morgan fingerprint density at radius 2 is 2.10 bits per heavy atom. The van der Waals surface area contributed by atoms with Crippen LogP contribution in [0.2, 0.25) is 0 Å². The predicted octanol–water partition coefficient (Wildman–Crippen LogP) is 4.31. The lowest BCUT2D eigenvalue weighted by Crippen LogP contribution is -2.34. The average Bonchev–Trinajstić information content (AvgIpc) is 3.40. The largest absolute Gasteiger partial charge is 0.455 e. The molecule has 0 saturated carbocycles. The smallest absolute Gasteiger partial charge is 0.293 e. The molecule has 1 fully saturated rings. The lowest BCUT2D eigenvalue weighted by Gasteiger charge is -2.23. The van der Waals surface area contributed by atoms with Crippen LogP contribution in [0.5, 0.6) is 11.5 Å². The second kappa shape index (κ2) is 11.9. The molecule has 0 bridgehead atoms. The number of amides is 1. The fourth-order valence-corrected chi connectivity index (χ4v) is 5.02. The molecule has 1 amide bonds. The van der Waals surface area contributed by atoms with E-state index in [0.717, 1.165) is 11.5 Å². The number of pyridine rings is 1. The van der Waals surface area contributed by atoms with Gasteiger partial charge in [-0.25, -0.2) is 9.19 Å². The molecule has 202 valence electrons. The van der Waals surface area contributed by atoms with E-state index in [4.69, 9.17) is 14.2 Å². The highest BCUT2D eigenvalue weighted by atomic mass is 79.9. The maximum Gasteiger partial charge on any atom is 0.293 e. The van der Waals surface area contributed by atoms with Crippen LogP contribution in [-0.2, 0) is 20.5 Å². The Balaban J connectivity index is 1.31. The first-order chi connectivity index (χ1) is 18.9. The van der Waals surface area contributed by atoms with Gasteiger partial charge in [0.25, 0.3) is 11.6 Å². The van der Waals surface area contributed by atoms with E-state index in [0.29, 0.717) is 42.2 Å². The number of carbonyl (C=O) groups is 1. The van der Waals surface area contributed by atoms with Crippen LogP contribution in [0, 0.1) is 10.1 Å². The van der Waals surface area contributed by atoms with Crippen molar-refractivity contribution in [1.29, 1.82) is 0 Å². The number of nitrogens with one attached hydrogen (secondary N) is 3. The number of carbonyl (C=O) groups excluding carboxylic acids is 1. The van der Waals surface area contributed by atoms with Gasteiger partial charge in [-0.05, 0) is 42.5 Å². The quantitative estimate of drug-likeness (QED) is 0.184. The van der Waals surface area contributed by atoms with Crippen molar-refractivity contribution in [3.8, 4) is 11.5 Å². The first-order valence-corrected chi connectivity index (χ1v) is 13.7. The van der Waals surface area contributed by atoms with Gasteiger partial charge in [-0.3, -0.25) is 19.6 Å². The van der Waals surface area contributed by atoms with Gasteiger partial charge in [-0.2, -0.15) is 0 Å². The van der Waals surface area contributed by atoms with Gasteiger partial charge < -0.3 is 24.5 Å². The van der Waals surface area contributed by atoms with E-state index in [-0.39, 0.29) is 33.7 Å². The van der Waals surface area contributed by atoms with Gasteiger partial charge in [0.05, 0.1) is 47.5 Å². The van der Waals surface area contributed by atoms with Crippen LogP contribution in [0.1, 0.15) is 10.4 Å². The number of hydrogen-bond acceptors (Lipinski definition) is 9. The predicted molar refractivity (Wildman–Crippen MR) is 146 cm³/mol. The number of fused-ring (bicyclic) bond motifs is 1. The zero-order valence-corrected chi connectivity index (χ0v) is 22.6. The standard InChI is InChI=1S/C25H22BrN5O7S/c26-16-1-3-20(23(10-16)38-17-9-15-5-6-27-24(15)29-12-17)25(32)30-39(35)19-2-4-21(22(11-19)31(33)34)28-13-18-14-36-7-8-37-18/h1-6,9-12,18,28H,7-8,13-14H2,(H,27,29)(H,30,32)/t18-,39?/m1/s1. The molecule has 1 saturated heterocycles. The van der Waals surface area contributed by atoms with Gasteiger partial charge in [0.2, 0.25) is 0 Å². The number of nitro benzene ring substituents is 1. The lowest BCUT2D eigenvalue weighted by atomic mass is 10.2. The normalized spacial score (nSPS) is 16.0. The molecule has 1 aliphatic heterocycles. The summed E-state index contributed by atoms with van der Waals surface area (Å²) in [5, 5.41) is 15.5. The Morgan fingerprint density at radius 1 is 1.23 bits per heavy atom. The first-order valence-electron chi connectivity index (χ1n) is 11.7. The molecular formula is C25H22BrN5O7S. The van der Waals surface area contributed by atoms with E-state index in [1.165, 1.54) is 24.4 Å². The lowest BCUT2D eigenvalue weighted by molar-refractivity contribution is -0.384. The van der Waals surface area contributed by atoms with E-state index in [2.05, 4.69) is 35.9 Å². The molecule has 2 aromatic carbocycles. The van der Waals surface area contributed by atoms with Crippen molar-refractivity contribution in [2.75, 3.05) is 31.7 Å². The van der Waals surface area contributed by atoms with E-state index in [1.807, 2.05) is 6.07 Å². The highest BCUT2D eigenvalue weighted by Gasteiger charge is 2.22. The minimum absolute atomic E-state index is 0.0551. The van der Waals surface area contributed by atoms with Gasteiger partial charge in [0, 0.05) is 28.7 Å². The van der Waals surface area contributed by atoms with Crippen molar-refractivity contribution in [1.82, 2.24) is 14.7 Å². The molecule has 0 radical (unpaired) electrons. The molecule has 14 heteroatoms. The van der Waals surface area contributed by atoms with Crippen LogP contribution in [0.25, 0.3) is 11.0 Å². The van der Waals surface area contributed by atoms with Crippen LogP contribution in [0.4, 0.5) is 11.4 Å².